The van der Waals surface area contributed by atoms with Gasteiger partial charge in [-0.1, -0.05) is 200 Å². The zero-order chi connectivity index (χ0) is 40.8. The number of benzene rings is 10. The summed E-state index contributed by atoms with van der Waals surface area (Å²) in [7, 11) is 0. The summed E-state index contributed by atoms with van der Waals surface area (Å²) in [5.74, 6) is 3.65. The molecule has 1 spiro atoms. The van der Waals surface area contributed by atoms with Crippen molar-refractivity contribution >= 4 is 32.3 Å². The van der Waals surface area contributed by atoms with Crippen LogP contribution >= 0.6 is 0 Å². The second-order valence-electron chi connectivity index (χ2n) is 16.3. The Morgan fingerprint density at radius 2 is 0.774 bits per heavy atom. The van der Waals surface area contributed by atoms with Gasteiger partial charge in [0.05, 0.1) is 5.41 Å². The minimum atomic E-state index is -0.685. The molecule has 1 aromatic heterocycles. The van der Waals surface area contributed by atoms with Gasteiger partial charge in [0, 0.05) is 38.6 Å². The number of ether oxygens (including phenoxy) is 1. The van der Waals surface area contributed by atoms with E-state index in [4.69, 9.17) is 19.7 Å². The third-order valence-corrected chi connectivity index (χ3v) is 13.0. The van der Waals surface area contributed by atoms with Crippen LogP contribution in [0.1, 0.15) is 22.3 Å². The summed E-state index contributed by atoms with van der Waals surface area (Å²) in [6.07, 6.45) is 0. The molecule has 1 aliphatic carbocycles. The SMILES string of the molecule is c1ccc(-c2nc(-c3ccc(-c4ccc5ccccc5c4)cc3)nc(-c3ccc4c(c3)C3(c5ccccc5-4)c4ccc5ccccc5c4Oc4c3ccc3ccccc43)n2)cc1. The molecule has 2 aliphatic rings. The Labute approximate surface area is 358 Å². The van der Waals surface area contributed by atoms with Crippen molar-refractivity contribution in [1.29, 1.82) is 0 Å². The van der Waals surface area contributed by atoms with Crippen LogP contribution in [0, 0.1) is 0 Å². The minimum Gasteiger partial charge on any atom is -0.455 e. The predicted molar refractivity (Wildman–Crippen MR) is 251 cm³/mol. The lowest BCUT2D eigenvalue weighted by molar-refractivity contribution is 0.447. The van der Waals surface area contributed by atoms with Gasteiger partial charge in [0.25, 0.3) is 0 Å². The molecule has 62 heavy (non-hydrogen) atoms. The monoisotopic (exact) mass is 789 g/mol. The number of nitrogens with zero attached hydrogens (tertiary/aromatic N) is 3. The molecule has 13 rings (SSSR count). The average Bonchev–Trinajstić information content (AvgIpc) is 3.63. The molecule has 0 unspecified atom stereocenters. The highest BCUT2D eigenvalue weighted by Crippen LogP contribution is 2.64. The van der Waals surface area contributed by atoms with E-state index in [2.05, 4.69) is 194 Å². The van der Waals surface area contributed by atoms with E-state index in [-0.39, 0.29) is 0 Å². The van der Waals surface area contributed by atoms with Gasteiger partial charge in [0.1, 0.15) is 11.5 Å². The predicted octanol–water partition coefficient (Wildman–Crippen LogP) is 14.5. The summed E-state index contributed by atoms with van der Waals surface area (Å²) >= 11 is 0. The Balaban J connectivity index is 1.03. The van der Waals surface area contributed by atoms with Gasteiger partial charge >= 0.3 is 0 Å². The summed E-state index contributed by atoms with van der Waals surface area (Å²) in [6, 6.07) is 75.6. The highest BCUT2D eigenvalue weighted by molar-refractivity contribution is 6.00. The third-order valence-electron chi connectivity index (χ3n) is 13.0. The molecule has 288 valence electrons. The van der Waals surface area contributed by atoms with E-state index in [0.29, 0.717) is 17.5 Å². The Bertz CT molecular complexity index is 3530. The van der Waals surface area contributed by atoms with Crippen LogP contribution in [-0.4, -0.2) is 15.0 Å². The van der Waals surface area contributed by atoms with Gasteiger partial charge in [0.15, 0.2) is 17.5 Å². The van der Waals surface area contributed by atoms with Gasteiger partial charge in [-0.05, 0) is 67.1 Å². The van der Waals surface area contributed by atoms with Crippen LogP contribution in [0.2, 0.25) is 0 Å². The molecule has 0 bridgehead atoms. The van der Waals surface area contributed by atoms with Gasteiger partial charge < -0.3 is 4.74 Å². The molecule has 0 radical (unpaired) electrons. The van der Waals surface area contributed by atoms with Crippen LogP contribution in [0.25, 0.3) is 88.7 Å². The molecule has 2 heterocycles. The van der Waals surface area contributed by atoms with Gasteiger partial charge in [-0.15, -0.1) is 0 Å². The summed E-state index contributed by atoms with van der Waals surface area (Å²) in [4.78, 5) is 15.6. The van der Waals surface area contributed by atoms with Crippen molar-refractivity contribution in [2.75, 3.05) is 0 Å². The normalized spacial score (nSPS) is 13.1. The molecule has 4 heteroatoms. The van der Waals surface area contributed by atoms with Gasteiger partial charge in [-0.3, -0.25) is 0 Å². The molecule has 1 aliphatic heterocycles. The first kappa shape index (κ1) is 34.6. The third kappa shape index (κ3) is 5.10. The summed E-state index contributed by atoms with van der Waals surface area (Å²) in [5.41, 5.74) is 11.4. The fourth-order valence-corrected chi connectivity index (χ4v) is 10.1. The number of fused-ring (bicyclic) bond motifs is 14. The molecule has 0 saturated carbocycles. The average molecular weight is 790 g/mol. The minimum absolute atomic E-state index is 0.617. The molecule has 0 N–H and O–H groups in total. The quantitative estimate of drug-likeness (QED) is 0.178. The lowest BCUT2D eigenvalue weighted by Crippen LogP contribution is -2.32. The topological polar surface area (TPSA) is 47.9 Å². The second kappa shape index (κ2) is 13.4. The van der Waals surface area contributed by atoms with Crippen molar-refractivity contribution in [3.05, 3.63) is 235 Å². The smallest absolute Gasteiger partial charge is 0.164 e. The molecule has 4 nitrogen and oxygen atoms in total. The van der Waals surface area contributed by atoms with Gasteiger partial charge in [0.2, 0.25) is 0 Å². The van der Waals surface area contributed by atoms with Crippen molar-refractivity contribution in [2.24, 2.45) is 0 Å². The summed E-state index contributed by atoms with van der Waals surface area (Å²) in [5, 5.41) is 6.91. The zero-order valence-electron chi connectivity index (χ0n) is 33.5. The van der Waals surface area contributed by atoms with E-state index in [1.807, 2.05) is 18.2 Å². The molecule has 0 atom stereocenters. The summed E-state index contributed by atoms with van der Waals surface area (Å²) < 4.78 is 7.19. The Kier molecular flexibility index (Phi) is 7.49. The first-order valence-corrected chi connectivity index (χ1v) is 21.1. The van der Waals surface area contributed by atoms with E-state index in [1.54, 1.807) is 0 Å². The Morgan fingerprint density at radius 3 is 1.47 bits per heavy atom. The number of hydrogen-bond donors (Lipinski definition) is 0. The zero-order valence-corrected chi connectivity index (χ0v) is 33.5. The van der Waals surface area contributed by atoms with Crippen molar-refractivity contribution in [1.82, 2.24) is 15.0 Å². The van der Waals surface area contributed by atoms with E-state index in [9.17, 15) is 0 Å². The highest BCUT2D eigenvalue weighted by Gasteiger charge is 2.52. The van der Waals surface area contributed by atoms with Crippen LogP contribution < -0.4 is 4.74 Å². The lowest BCUT2D eigenvalue weighted by atomic mass is 9.65. The number of rotatable bonds is 4. The highest BCUT2D eigenvalue weighted by atomic mass is 16.5. The fourth-order valence-electron chi connectivity index (χ4n) is 10.1. The van der Waals surface area contributed by atoms with Gasteiger partial charge in [-0.2, -0.15) is 0 Å². The van der Waals surface area contributed by atoms with E-state index in [1.165, 1.54) is 38.6 Å². The molecule has 10 aromatic carbocycles. The maximum absolute atomic E-state index is 7.19. The van der Waals surface area contributed by atoms with E-state index < -0.39 is 5.41 Å². The second-order valence-corrected chi connectivity index (χ2v) is 16.3. The van der Waals surface area contributed by atoms with Crippen molar-refractivity contribution in [2.45, 2.75) is 5.41 Å². The summed E-state index contributed by atoms with van der Waals surface area (Å²) in [6.45, 7) is 0. The molecular weight excluding hydrogens is 755 g/mol. The largest absolute Gasteiger partial charge is 0.455 e. The lowest BCUT2D eigenvalue weighted by Gasteiger charge is -2.40. The molecule has 11 aromatic rings. The van der Waals surface area contributed by atoms with Crippen molar-refractivity contribution in [3.8, 4) is 67.9 Å². The molecule has 0 amide bonds. The van der Waals surface area contributed by atoms with E-state index >= 15 is 0 Å². The standard InChI is InChI=1S/C58H35N3O/c1-2-15-40(16-3-1)55-59-56(41-25-22-37(23-26-41)43-27-24-36-12-4-5-17-42(36)34-43)61-57(60-55)44-28-31-48-47-20-10-11-21-49(47)58(52(48)35-44)50-32-29-38-13-6-8-18-45(38)53(50)62-54-46-19-9-7-14-39(46)30-33-51(54)58/h1-35H. The molecular formula is C58H35N3O. The number of aromatic nitrogens is 3. The number of hydrogen-bond acceptors (Lipinski definition) is 4. The first-order chi connectivity index (χ1) is 30.7. The fraction of sp³-hybridized carbons (Fsp3) is 0.0172. The van der Waals surface area contributed by atoms with E-state index in [0.717, 1.165) is 66.4 Å². The Morgan fingerprint density at radius 1 is 0.290 bits per heavy atom. The van der Waals surface area contributed by atoms with Crippen LogP contribution in [0.3, 0.4) is 0 Å². The maximum atomic E-state index is 7.19. The van der Waals surface area contributed by atoms with Crippen molar-refractivity contribution < 1.29 is 4.74 Å². The van der Waals surface area contributed by atoms with Crippen LogP contribution in [0.5, 0.6) is 11.5 Å². The van der Waals surface area contributed by atoms with Crippen molar-refractivity contribution in [3.63, 3.8) is 0 Å². The van der Waals surface area contributed by atoms with Crippen LogP contribution in [0.4, 0.5) is 0 Å². The van der Waals surface area contributed by atoms with Crippen LogP contribution in [-0.2, 0) is 5.41 Å². The Hall–Kier alpha value is -8.21. The maximum Gasteiger partial charge on any atom is 0.164 e. The van der Waals surface area contributed by atoms with Gasteiger partial charge in [-0.25, -0.2) is 15.0 Å². The first-order valence-electron chi connectivity index (χ1n) is 21.1. The van der Waals surface area contributed by atoms with Crippen LogP contribution in [0.15, 0.2) is 212 Å². The molecule has 0 saturated heterocycles. The molecule has 0 fully saturated rings.